The molecule has 0 radical (unpaired) electrons. The van der Waals surface area contributed by atoms with Crippen LogP contribution >= 0.6 is 11.6 Å². The maximum atomic E-state index is 12.7. The molecule has 0 fully saturated rings. The lowest BCUT2D eigenvalue weighted by Gasteiger charge is -2.27. The minimum atomic E-state index is -0.873. The molecule has 1 atom stereocenters. The third-order valence-corrected chi connectivity index (χ3v) is 5.00. The normalized spacial score (nSPS) is 17.9. The number of rotatable bonds is 3. The van der Waals surface area contributed by atoms with Gasteiger partial charge in [-0.15, -0.1) is 0 Å². The van der Waals surface area contributed by atoms with Crippen molar-refractivity contribution in [1.82, 2.24) is 4.98 Å². The van der Waals surface area contributed by atoms with Gasteiger partial charge in [0.2, 0.25) is 12.7 Å². The van der Waals surface area contributed by atoms with Crippen LogP contribution in [0.4, 0.5) is 0 Å². The number of nitriles is 1. The van der Waals surface area contributed by atoms with Gasteiger partial charge in [0.25, 0.3) is 0 Å². The Labute approximate surface area is 171 Å². The molecule has 0 amide bonds. The average Bonchev–Trinajstić information content (AvgIpc) is 3.12. The van der Waals surface area contributed by atoms with Gasteiger partial charge in [0.15, 0.2) is 11.5 Å². The molecule has 0 bridgehead atoms. The molecule has 0 saturated carbocycles. The predicted molar refractivity (Wildman–Crippen MR) is 103 cm³/mol. The number of carbonyl (C=O) groups is 1. The molecule has 2 N–H and O–H groups in total. The lowest BCUT2D eigenvalue weighted by atomic mass is 9.83. The number of nitrogens with two attached hydrogens (primary N) is 1. The Hall–Kier alpha value is -3.44. The van der Waals surface area contributed by atoms with Gasteiger partial charge in [0.1, 0.15) is 22.6 Å². The molecule has 8 nitrogen and oxygen atoms in total. The highest BCUT2D eigenvalue weighted by Crippen LogP contribution is 2.44. The van der Waals surface area contributed by atoms with Crippen molar-refractivity contribution in [1.29, 1.82) is 5.26 Å². The fraction of sp³-hybridized carbons (Fsp3) is 0.250. The Balaban J connectivity index is 1.93. The topological polar surface area (TPSA) is 117 Å². The van der Waals surface area contributed by atoms with Crippen LogP contribution in [0.3, 0.4) is 0 Å². The molecule has 0 saturated heterocycles. The zero-order valence-electron chi connectivity index (χ0n) is 15.6. The number of carbonyl (C=O) groups excluding carboxylic acids is 1. The summed E-state index contributed by atoms with van der Waals surface area (Å²) in [4.78, 5) is 17.1. The number of benzene rings is 1. The summed E-state index contributed by atoms with van der Waals surface area (Å²) in [5.41, 5.74) is 7.16. The quantitative estimate of drug-likeness (QED) is 0.601. The molecule has 2 aromatic rings. The standard InChI is InChI=1S/C20H16ClN3O5/c1-3-26-20(25)16-9(2)29-19(23)12(7-22)17(16)11-4-10-5-14-15(28-8-27-14)6-13(10)24-18(11)21/h4-6,17H,3,8,23H2,1-2H3/t17-/m1/s1. The molecule has 3 heterocycles. The molecule has 29 heavy (non-hydrogen) atoms. The summed E-state index contributed by atoms with van der Waals surface area (Å²) in [7, 11) is 0. The first-order chi connectivity index (χ1) is 13.9. The molecule has 2 aliphatic rings. The van der Waals surface area contributed by atoms with E-state index in [1.165, 1.54) is 0 Å². The van der Waals surface area contributed by atoms with Crippen molar-refractivity contribution in [2.45, 2.75) is 19.8 Å². The molecule has 0 spiro atoms. The van der Waals surface area contributed by atoms with Crippen molar-refractivity contribution in [3.8, 4) is 17.6 Å². The SMILES string of the molecule is CCOC(=O)C1=C(C)OC(N)=C(C#N)[C@H]1c1cc2cc3c(cc2nc1Cl)OCO3. The molecule has 2 aliphatic heterocycles. The highest BCUT2D eigenvalue weighted by molar-refractivity contribution is 6.30. The third kappa shape index (κ3) is 3.09. The molecule has 9 heteroatoms. The number of aromatic nitrogens is 1. The van der Waals surface area contributed by atoms with Gasteiger partial charge in [-0.25, -0.2) is 9.78 Å². The average molecular weight is 414 g/mol. The van der Waals surface area contributed by atoms with Crippen molar-refractivity contribution >= 4 is 28.5 Å². The Bertz CT molecular complexity index is 1150. The summed E-state index contributed by atoms with van der Waals surface area (Å²) in [6.07, 6.45) is 0. The van der Waals surface area contributed by atoms with Gasteiger partial charge in [-0.1, -0.05) is 11.6 Å². The highest BCUT2D eigenvalue weighted by Gasteiger charge is 2.38. The third-order valence-electron chi connectivity index (χ3n) is 4.70. The molecule has 0 unspecified atom stereocenters. The summed E-state index contributed by atoms with van der Waals surface area (Å²) in [5, 5.41) is 10.5. The van der Waals surface area contributed by atoms with E-state index in [1.807, 2.05) is 6.07 Å². The Morgan fingerprint density at radius 3 is 2.79 bits per heavy atom. The van der Waals surface area contributed by atoms with Crippen molar-refractivity contribution in [2.75, 3.05) is 13.4 Å². The monoisotopic (exact) mass is 413 g/mol. The molecule has 1 aromatic heterocycles. The van der Waals surface area contributed by atoms with Crippen LogP contribution in [0, 0.1) is 11.3 Å². The number of hydrogen-bond donors (Lipinski definition) is 1. The van der Waals surface area contributed by atoms with Crippen molar-refractivity contribution in [2.24, 2.45) is 5.73 Å². The molecule has 4 rings (SSSR count). The van der Waals surface area contributed by atoms with E-state index >= 15 is 0 Å². The second-order valence-corrected chi connectivity index (χ2v) is 6.74. The summed E-state index contributed by atoms with van der Waals surface area (Å²) in [6, 6.07) is 7.26. The van der Waals surface area contributed by atoms with E-state index in [9.17, 15) is 10.1 Å². The van der Waals surface area contributed by atoms with Gasteiger partial charge in [-0.3, -0.25) is 0 Å². The molecule has 0 aliphatic carbocycles. The summed E-state index contributed by atoms with van der Waals surface area (Å²) < 4.78 is 21.4. The van der Waals surface area contributed by atoms with Crippen LogP contribution in [-0.4, -0.2) is 24.4 Å². The first-order valence-corrected chi connectivity index (χ1v) is 9.17. The summed E-state index contributed by atoms with van der Waals surface area (Å²) in [5.74, 6) is -0.187. The fourth-order valence-corrected chi connectivity index (χ4v) is 3.68. The van der Waals surface area contributed by atoms with Crippen LogP contribution in [0.15, 0.2) is 41.0 Å². The number of pyridine rings is 1. The maximum absolute atomic E-state index is 12.7. The van der Waals surface area contributed by atoms with E-state index < -0.39 is 11.9 Å². The second kappa shape index (κ2) is 7.18. The zero-order valence-corrected chi connectivity index (χ0v) is 16.4. The first kappa shape index (κ1) is 18.9. The van der Waals surface area contributed by atoms with Crippen LogP contribution in [0.5, 0.6) is 11.5 Å². The zero-order chi connectivity index (χ0) is 20.7. The van der Waals surface area contributed by atoms with E-state index in [1.54, 1.807) is 32.0 Å². The van der Waals surface area contributed by atoms with Crippen LogP contribution in [-0.2, 0) is 14.3 Å². The number of halogens is 1. The van der Waals surface area contributed by atoms with E-state index in [-0.39, 0.29) is 41.3 Å². The smallest absolute Gasteiger partial charge is 0.338 e. The summed E-state index contributed by atoms with van der Waals surface area (Å²) in [6.45, 7) is 3.56. The van der Waals surface area contributed by atoms with Crippen molar-refractivity contribution < 1.29 is 23.7 Å². The Morgan fingerprint density at radius 1 is 1.38 bits per heavy atom. The number of ether oxygens (including phenoxy) is 4. The lowest BCUT2D eigenvalue weighted by molar-refractivity contribution is -0.139. The van der Waals surface area contributed by atoms with E-state index in [4.69, 9.17) is 36.3 Å². The molecular formula is C20H16ClN3O5. The minimum Gasteiger partial charge on any atom is -0.463 e. The number of nitrogens with zero attached hydrogens (tertiary/aromatic N) is 2. The van der Waals surface area contributed by atoms with Gasteiger partial charge in [-0.2, -0.15) is 5.26 Å². The van der Waals surface area contributed by atoms with E-state index in [2.05, 4.69) is 4.98 Å². The van der Waals surface area contributed by atoms with Crippen LogP contribution in [0.2, 0.25) is 5.15 Å². The van der Waals surface area contributed by atoms with Gasteiger partial charge >= 0.3 is 5.97 Å². The Morgan fingerprint density at radius 2 is 2.10 bits per heavy atom. The van der Waals surface area contributed by atoms with Crippen molar-refractivity contribution in [3.05, 3.63) is 51.7 Å². The Kier molecular flexibility index (Phi) is 4.68. The highest BCUT2D eigenvalue weighted by atomic mass is 35.5. The minimum absolute atomic E-state index is 0.0578. The van der Waals surface area contributed by atoms with E-state index in [0.717, 1.165) is 0 Å². The van der Waals surface area contributed by atoms with Gasteiger partial charge < -0.3 is 24.7 Å². The molecular weight excluding hydrogens is 398 g/mol. The lowest BCUT2D eigenvalue weighted by Crippen LogP contribution is -2.25. The maximum Gasteiger partial charge on any atom is 0.338 e. The van der Waals surface area contributed by atoms with Crippen LogP contribution in [0.1, 0.15) is 25.3 Å². The molecule has 1 aromatic carbocycles. The summed E-state index contributed by atoms with van der Waals surface area (Å²) >= 11 is 6.48. The number of esters is 1. The number of hydrogen-bond acceptors (Lipinski definition) is 8. The second-order valence-electron chi connectivity index (χ2n) is 6.38. The van der Waals surface area contributed by atoms with Crippen molar-refractivity contribution in [3.63, 3.8) is 0 Å². The van der Waals surface area contributed by atoms with Gasteiger partial charge in [0.05, 0.1) is 23.6 Å². The van der Waals surface area contributed by atoms with E-state index in [0.29, 0.717) is 28.0 Å². The van der Waals surface area contributed by atoms with Crippen LogP contribution in [0.25, 0.3) is 10.9 Å². The van der Waals surface area contributed by atoms with Crippen LogP contribution < -0.4 is 15.2 Å². The first-order valence-electron chi connectivity index (χ1n) is 8.79. The predicted octanol–water partition coefficient (Wildman–Crippen LogP) is 3.26. The fourth-order valence-electron chi connectivity index (χ4n) is 3.43. The largest absolute Gasteiger partial charge is 0.463 e. The number of allylic oxidation sites excluding steroid dienone is 2. The van der Waals surface area contributed by atoms with Gasteiger partial charge in [0, 0.05) is 17.0 Å². The number of fused-ring (bicyclic) bond motifs is 2. The van der Waals surface area contributed by atoms with Gasteiger partial charge in [-0.05, 0) is 26.0 Å². The molecule has 148 valence electrons.